The molecule has 1 atom stereocenters. The maximum Gasteiger partial charge on any atom is 0.271 e. The molecule has 38 heavy (non-hydrogen) atoms. The van der Waals surface area contributed by atoms with Crippen LogP contribution in [-0.4, -0.2) is 38.3 Å². The molecule has 4 aromatic rings. The van der Waals surface area contributed by atoms with E-state index in [1.165, 1.54) is 30.5 Å². The molecular formula is C29H23N3O6. The lowest BCUT2D eigenvalue weighted by Crippen LogP contribution is -2.25. The molecule has 0 radical (unpaired) electrons. The van der Waals surface area contributed by atoms with Gasteiger partial charge in [-0.15, -0.1) is 0 Å². The van der Waals surface area contributed by atoms with Crippen molar-refractivity contribution in [1.82, 2.24) is 5.43 Å². The van der Waals surface area contributed by atoms with Gasteiger partial charge in [-0.25, -0.2) is 5.43 Å². The number of ether oxygens (including phenoxy) is 1. The molecule has 1 aliphatic rings. The first-order valence-electron chi connectivity index (χ1n) is 11.7. The van der Waals surface area contributed by atoms with Gasteiger partial charge in [-0.05, 0) is 54.1 Å². The standard InChI is InChI=1S/C29H23N3O6/c33-21-11-7-17(8-12-21)26-15-23(28-25(36)13-22(34)14-27(28)38-26)31-32-29(37)18-5-9-20(10-6-18)30-16-19-3-1-2-4-24(19)35/h1-14,16,26,33-36H,15H2,(H,32,37)/b30-16?,31-23+. The minimum absolute atomic E-state index is 0.108. The van der Waals surface area contributed by atoms with Crippen LogP contribution in [0, 0.1) is 0 Å². The molecule has 5 rings (SSSR count). The molecule has 0 saturated heterocycles. The quantitative estimate of drug-likeness (QED) is 0.191. The van der Waals surface area contributed by atoms with Crippen LogP contribution in [0.4, 0.5) is 5.69 Å². The molecule has 0 spiro atoms. The number of carbonyl (C=O) groups excluding carboxylic acids is 1. The second-order valence-electron chi connectivity index (χ2n) is 8.60. The Labute approximate surface area is 217 Å². The topological polar surface area (TPSA) is 144 Å². The van der Waals surface area contributed by atoms with E-state index in [1.54, 1.807) is 60.7 Å². The molecule has 9 nitrogen and oxygen atoms in total. The Morgan fingerprint density at radius 3 is 2.34 bits per heavy atom. The number of para-hydroxylation sites is 1. The molecule has 0 saturated carbocycles. The number of aliphatic imine (C=N–C) groups is 1. The fourth-order valence-corrected chi connectivity index (χ4v) is 4.04. The molecule has 9 heteroatoms. The lowest BCUT2D eigenvalue weighted by Gasteiger charge is -2.28. The summed E-state index contributed by atoms with van der Waals surface area (Å²) in [5.74, 6) is -0.441. The molecule has 1 aliphatic heterocycles. The Bertz CT molecular complexity index is 1550. The number of phenolic OH excluding ortho intramolecular Hbond substituents is 4. The van der Waals surface area contributed by atoms with Crippen LogP contribution in [0.1, 0.15) is 39.6 Å². The van der Waals surface area contributed by atoms with Crippen molar-refractivity contribution in [3.8, 4) is 28.7 Å². The van der Waals surface area contributed by atoms with E-state index >= 15 is 0 Å². The molecule has 0 aliphatic carbocycles. The Morgan fingerprint density at radius 1 is 0.868 bits per heavy atom. The summed E-state index contributed by atoms with van der Waals surface area (Å²) < 4.78 is 5.99. The van der Waals surface area contributed by atoms with Gasteiger partial charge in [-0.2, -0.15) is 5.10 Å². The first-order valence-corrected chi connectivity index (χ1v) is 11.7. The monoisotopic (exact) mass is 509 g/mol. The summed E-state index contributed by atoms with van der Waals surface area (Å²) >= 11 is 0. The second kappa shape index (κ2) is 10.4. The largest absolute Gasteiger partial charge is 0.508 e. The predicted octanol–water partition coefficient (Wildman–Crippen LogP) is 4.92. The third-order valence-corrected chi connectivity index (χ3v) is 5.98. The normalized spacial score (nSPS) is 15.7. The number of hydrogen-bond acceptors (Lipinski definition) is 8. The van der Waals surface area contributed by atoms with Gasteiger partial charge in [0.15, 0.2) is 0 Å². The number of rotatable bonds is 5. The lowest BCUT2D eigenvalue weighted by atomic mass is 9.94. The van der Waals surface area contributed by atoms with Gasteiger partial charge in [0.1, 0.15) is 34.9 Å². The van der Waals surface area contributed by atoms with E-state index in [1.807, 2.05) is 0 Å². The number of carbonyl (C=O) groups is 1. The first-order chi connectivity index (χ1) is 18.4. The van der Waals surface area contributed by atoms with Crippen LogP contribution in [0.25, 0.3) is 0 Å². The van der Waals surface area contributed by atoms with Crippen molar-refractivity contribution in [3.63, 3.8) is 0 Å². The molecule has 0 aromatic heterocycles. The molecule has 1 unspecified atom stereocenters. The van der Waals surface area contributed by atoms with Gasteiger partial charge in [0.2, 0.25) is 0 Å². The molecule has 1 heterocycles. The molecule has 0 bridgehead atoms. The van der Waals surface area contributed by atoms with E-state index in [2.05, 4.69) is 15.5 Å². The van der Waals surface area contributed by atoms with E-state index in [0.717, 1.165) is 5.56 Å². The summed E-state index contributed by atoms with van der Waals surface area (Å²) in [6.07, 6.45) is 1.23. The summed E-state index contributed by atoms with van der Waals surface area (Å²) in [5, 5.41) is 44.2. The highest BCUT2D eigenvalue weighted by Crippen LogP contribution is 2.42. The smallest absolute Gasteiger partial charge is 0.271 e. The maximum absolute atomic E-state index is 12.8. The summed E-state index contributed by atoms with van der Waals surface area (Å²) in [6, 6.07) is 22.4. The highest BCUT2D eigenvalue weighted by molar-refractivity contribution is 6.07. The summed E-state index contributed by atoms with van der Waals surface area (Å²) in [4.78, 5) is 17.1. The van der Waals surface area contributed by atoms with Gasteiger partial charge >= 0.3 is 0 Å². The predicted molar refractivity (Wildman–Crippen MR) is 142 cm³/mol. The Kier molecular flexibility index (Phi) is 6.65. The van der Waals surface area contributed by atoms with Crippen LogP contribution in [0.3, 0.4) is 0 Å². The van der Waals surface area contributed by atoms with E-state index < -0.39 is 12.0 Å². The van der Waals surface area contributed by atoms with E-state index in [-0.39, 0.29) is 40.7 Å². The maximum atomic E-state index is 12.8. The molecule has 4 aromatic carbocycles. The van der Waals surface area contributed by atoms with Crippen LogP contribution in [-0.2, 0) is 0 Å². The molecule has 5 N–H and O–H groups in total. The van der Waals surface area contributed by atoms with Crippen molar-refractivity contribution in [1.29, 1.82) is 0 Å². The molecule has 190 valence electrons. The van der Waals surface area contributed by atoms with Crippen LogP contribution < -0.4 is 10.2 Å². The molecular weight excluding hydrogens is 486 g/mol. The van der Waals surface area contributed by atoms with Crippen LogP contribution in [0.2, 0.25) is 0 Å². The van der Waals surface area contributed by atoms with Crippen molar-refractivity contribution in [2.75, 3.05) is 0 Å². The van der Waals surface area contributed by atoms with E-state index in [4.69, 9.17) is 4.74 Å². The van der Waals surface area contributed by atoms with E-state index in [0.29, 0.717) is 22.5 Å². The van der Waals surface area contributed by atoms with Crippen molar-refractivity contribution in [2.24, 2.45) is 10.1 Å². The summed E-state index contributed by atoms with van der Waals surface area (Å²) in [7, 11) is 0. The molecule has 0 fully saturated rings. The first kappa shape index (κ1) is 24.4. The average molecular weight is 510 g/mol. The van der Waals surface area contributed by atoms with Crippen LogP contribution in [0.5, 0.6) is 28.7 Å². The summed E-state index contributed by atoms with van der Waals surface area (Å²) in [6.45, 7) is 0. The van der Waals surface area contributed by atoms with Crippen molar-refractivity contribution < 1.29 is 30.0 Å². The lowest BCUT2D eigenvalue weighted by molar-refractivity contribution is 0.0954. The highest BCUT2D eigenvalue weighted by atomic mass is 16.5. The molecule has 1 amide bonds. The number of hydrogen-bond donors (Lipinski definition) is 5. The number of aromatic hydroxyl groups is 4. The number of fused-ring (bicyclic) bond motifs is 1. The van der Waals surface area contributed by atoms with Crippen molar-refractivity contribution in [3.05, 3.63) is 107 Å². The SMILES string of the molecule is O=C(N/N=C1\CC(c2ccc(O)cc2)Oc2cc(O)cc(O)c21)c1ccc(N=Cc2ccccc2O)cc1. The average Bonchev–Trinajstić information content (AvgIpc) is 2.91. The second-order valence-corrected chi connectivity index (χ2v) is 8.60. The van der Waals surface area contributed by atoms with Gasteiger partial charge in [0, 0.05) is 35.9 Å². The van der Waals surface area contributed by atoms with Gasteiger partial charge in [0.25, 0.3) is 5.91 Å². The zero-order valence-electron chi connectivity index (χ0n) is 19.9. The zero-order chi connectivity index (χ0) is 26.6. The Balaban J connectivity index is 1.35. The summed E-state index contributed by atoms with van der Waals surface area (Å²) in [5.41, 5.74) is 5.41. The van der Waals surface area contributed by atoms with Gasteiger partial charge in [0.05, 0.1) is 17.0 Å². The van der Waals surface area contributed by atoms with Gasteiger partial charge < -0.3 is 25.2 Å². The third-order valence-electron chi connectivity index (χ3n) is 5.98. The number of phenols is 4. The van der Waals surface area contributed by atoms with Gasteiger partial charge in [-0.1, -0.05) is 24.3 Å². The third kappa shape index (κ3) is 5.26. The minimum Gasteiger partial charge on any atom is -0.508 e. The highest BCUT2D eigenvalue weighted by Gasteiger charge is 2.30. The number of benzene rings is 4. The number of nitrogens with zero attached hydrogens (tertiary/aromatic N) is 2. The zero-order valence-corrected chi connectivity index (χ0v) is 19.9. The Hall–Kier alpha value is -5.31. The van der Waals surface area contributed by atoms with Crippen molar-refractivity contribution >= 4 is 23.5 Å². The van der Waals surface area contributed by atoms with Crippen LogP contribution in [0.15, 0.2) is 95.0 Å². The van der Waals surface area contributed by atoms with E-state index in [9.17, 15) is 25.2 Å². The number of amides is 1. The fraction of sp³-hybridized carbons (Fsp3) is 0.0690. The number of hydrazone groups is 1. The van der Waals surface area contributed by atoms with Crippen molar-refractivity contribution in [2.45, 2.75) is 12.5 Å². The minimum atomic E-state index is -0.527. The Morgan fingerprint density at radius 2 is 1.61 bits per heavy atom. The number of nitrogens with one attached hydrogen (secondary N) is 1. The fourth-order valence-electron chi connectivity index (χ4n) is 4.04. The van der Waals surface area contributed by atoms with Crippen LogP contribution >= 0.6 is 0 Å². The van der Waals surface area contributed by atoms with Gasteiger partial charge in [-0.3, -0.25) is 9.79 Å².